The van der Waals surface area contributed by atoms with E-state index in [0.29, 0.717) is 19.6 Å². The minimum atomic E-state index is -0.484. The molecule has 0 spiro atoms. The van der Waals surface area contributed by atoms with Gasteiger partial charge >= 0.3 is 0 Å². The Morgan fingerprint density at radius 3 is 2.78 bits per heavy atom. The van der Waals surface area contributed by atoms with Crippen LogP contribution in [0, 0.1) is 0 Å². The number of nitrogens with two attached hydrogens (primary N) is 1. The molecular formula is C13H19ClN2O2. The van der Waals surface area contributed by atoms with E-state index in [-0.39, 0.29) is 24.3 Å². The third kappa shape index (κ3) is 4.07. The van der Waals surface area contributed by atoms with Crippen LogP contribution in [0.4, 0.5) is 0 Å². The van der Waals surface area contributed by atoms with E-state index in [1.165, 1.54) is 0 Å². The maximum Gasteiger partial charge on any atom is 0.179 e. The van der Waals surface area contributed by atoms with Crippen molar-refractivity contribution >= 4 is 18.2 Å². The first kappa shape index (κ1) is 15.1. The van der Waals surface area contributed by atoms with Gasteiger partial charge in [-0.2, -0.15) is 0 Å². The Bertz CT molecular complexity index is 367. The SMILES string of the molecule is Cl.N[C@@H](Cc1ccccc1)C(=O)C1CNCCO1. The van der Waals surface area contributed by atoms with Crippen LogP contribution >= 0.6 is 12.4 Å². The van der Waals surface area contributed by atoms with Gasteiger partial charge in [0.2, 0.25) is 0 Å². The predicted octanol–water partition coefficient (Wildman–Crippen LogP) is 0.536. The van der Waals surface area contributed by atoms with Gasteiger partial charge in [0.1, 0.15) is 6.10 Å². The van der Waals surface area contributed by atoms with Crippen molar-refractivity contribution in [2.24, 2.45) is 5.73 Å². The van der Waals surface area contributed by atoms with Gasteiger partial charge in [0, 0.05) is 13.1 Å². The second-order valence-corrected chi connectivity index (χ2v) is 4.26. The van der Waals surface area contributed by atoms with Gasteiger partial charge in [-0.25, -0.2) is 0 Å². The van der Waals surface area contributed by atoms with Crippen molar-refractivity contribution in [2.75, 3.05) is 19.7 Å². The lowest BCUT2D eigenvalue weighted by molar-refractivity contribution is -0.133. The third-order valence-electron chi connectivity index (χ3n) is 2.91. The minimum absolute atomic E-state index is 0. The number of benzene rings is 1. The molecule has 1 aliphatic heterocycles. The molecule has 4 nitrogen and oxygen atoms in total. The number of Topliss-reactive ketones (excluding diaryl/α,β-unsaturated/α-hetero) is 1. The molecule has 1 aliphatic rings. The molecule has 2 rings (SSSR count). The summed E-state index contributed by atoms with van der Waals surface area (Å²) in [6.45, 7) is 1.95. The Balaban J connectivity index is 0.00000162. The number of rotatable bonds is 4. The van der Waals surface area contributed by atoms with Gasteiger partial charge in [0.15, 0.2) is 5.78 Å². The van der Waals surface area contributed by atoms with Gasteiger partial charge in [-0.15, -0.1) is 12.4 Å². The van der Waals surface area contributed by atoms with Crippen LogP contribution in [-0.2, 0) is 16.0 Å². The number of halogens is 1. The number of carbonyl (C=O) groups is 1. The van der Waals surface area contributed by atoms with Gasteiger partial charge in [-0.3, -0.25) is 4.79 Å². The molecule has 1 unspecified atom stereocenters. The zero-order valence-electron chi connectivity index (χ0n) is 10.2. The molecule has 100 valence electrons. The van der Waals surface area contributed by atoms with Crippen LogP contribution in [0.1, 0.15) is 5.56 Å². The number of ketones is 1. The van der Waals surface area contributed by atoms with Crippen molar-refractivity contribution in [2.45, 2.75) is 18.6 Å². The first-order chi connectivity index (χ1) is 8.27. The fourth-order valence-corrected chi connectivity index (χ4v) is 1.96. The van der Waals surface area contributed by atoms with Crippen LogP contribution < -0.4 is 11.1 Å². The third-order valence-corrected chi connectivity index (χ3v) is 2.91. The molecule has 5 heteroatoms. The van der Waals surface area contributed by atoms with Gasteiger partial charge in [-0.05, 0) is 12.0 Å². The number of morpholine rings is 1. The minimum Gasteiger partial charge on any atom is -0.368 e. The van der Waals surface area contributed by atoms with Gasteiger partial charge in [0.05, 0.1) is 12.6 Å². The second-order valence-electron chi connectivity index (χ2n) is 4.26. The zero-order valence-corrected chi connectivity index (χ0v) is 11.0. The van der Waals surface area contributed by atoms with Crippen LogP contribution in [0.2, 0.25) is 0 Å². The fraction of sp³-hybridized carbons (Fsp3) is 0.462. The average molecular weight is 271 g/mol. The standard InChI is InChI=1S/C13H18N2O2.ClH/c14-11(8-10-4-2-1-3-5-10)13(16)12-9-15-6-7-17-12;/h1-5,11-12,15H,6-9,14H2;1H/t11-,12?;/m0./s1. The summed E-state index contributed by atoms with van der Waals surface area (Å²) in [5.41, 5.74) is 7.00. The number of carbonyl (C=O) groups excluding carboxylic acids is 1. The molecule has 18 heavy (non-hydrogen) atoms. The van der Waals surface area contributed by atoms with E-state index >= 15 is 0 Å². The summed E-state index contributed by atoms with van der Waals surface area (Å²) in [6, 6.07) is 9.32. The molecule has 1 heterocycles. The van der Waals surface area contributed by atoms with Crippen molar-refractivity contribution in [3.05, 3.63) is 35.9 Å². The highest BCUT2D eigenvalue weighted by molar-refractivity contribution is 5.88. The molecule has 0 bridgehead atoms. The van der Waals surface area contributed by atoms with Crippen molar-refractivity contribution in [1.82, 2.24) is 5.32 Å². The summed E-state index contributed by atoms with van der Waals surface area (Å²) in [4.78, 5) is 12.0. The van der Waals surface area contributed by atoms with E-state index in [2.05, 4.69) is 5.32 Å². The molecule has 0 radical (unpaired) electrons. The molecule has 0 saturated carbocycles. The van der Waals surface area contributed by atoms with Gasteiger partial charge in [0.25, 0.3) is 0 Å². The van der Waals surface area contributed by atoms with Crippen molar-refractivity contribution in [1.29, 1.82) is 0 Å². The number of nitrogens with one attached hydrogen (secondary N) is 1. The number of hydrogen-bond acceptors (Lipinski definition) is 4. The lowest BCUT2D eigenvalue weighted by atomic mass is 9.99. The average Bonchev–Trinajstić information content (AvgIpc) is 2.40. The molecular weight excluding hydrogens is 252 g/mol. The number of hydrogen-bond donors (Lipinski definition) is 2. The molecule has 0 amide bonds. The van der Waals surface area contributed by atoms with Crippen LogP contribution in [0.3, 0.4) is 0 Å². The monoisotopic (exact) mass is 270 g/mol. The van der Waals surface area contributed by atoms with E-state index < -0.39 is 6.04 Å². The maximum atomic E-state index is 12.0. The van der Waals surface area contributed by atoms with Gasteiger partial charge in [-0.1, -0.05) is 30.3 Å². The quantitative estimate of drug-likeness (QED) is 0.838. The maximum absolute atomic E-state index is 12.0. The van der Waals surface area contributed by atoms with Crippen LogP contribution in [0.15, 0.2) is 30.3 Å². The largest absolute Gasteiger partial charge is 0.368 e. The predicted molar refractivity (Wildman–Crippen MR) is 73.0 cm³/mol. The van der Waals surface area contributed by atoms with E-state index in [1.54, 1.807) is 0 Å². The lowest BCUT2D eigenvalue weighted by Crippen LogP contribution is -2.49. The Morgan fingerprint density at radius 1 is 1.44 bits per heavy atom. The molecule has 1 saturated heterocycles. The molecule has 3 N–H and O–H groups in total. The normalized spacial score (nSPS) is 20.8. The molecule has 1 aromatic carbocycles. The Kier molecular flexibility index (Phi) is 6.29. The molecule has 2 atom stereocenters. The highest BCUT2D eigenvalue weighted by atomic mass is 35.5. The summed E-state index contributed by atoms with van der Waals surface area (Å²) in [7, 11) is 0. The van der Waals surface area contributed by atoms with Crippen molar-refractivity contribution in [3.8, 4) is 0 Å². The zero-order chi connectivity index (χ0) is 12.1. The smallest absolute Gasteiger partial charge is 0.179 e. The molecule has 1 fully saturated rings. The molecule has 0 aliphatic carbocycles. The Hall–Kier alpha value is -0.940. The summed E-state index contributed by atoms with van der Waals surface area (Å²) in [6.07, 6.45) is 0.182. The van der Waals surface area contributed by atoms with E-state index in [0.717, 1.165) is 12.1 Å². The first-order valence-electron chi connectivity index (χ1n) is 5.93. The molecule has 1 aromatic rings. The highest BCUT2D eigenvalue weighted by Gasteiger charge is 2.26. The Morgan fingerprint density at radius 2 is 2.17 bits per heavy atom. The highest BCUT2D eigenvalue weighted by Crippen LogP contribution is 2.06. The first-order valence-corrected chi connectivity index (χ1v) is 5.93. The van der Waals surface area contributed by atoms with Crippen molar-refractivity contribution < 1.29 is 9.53 Å². The lowest BCUT2D eigenvalue weighted by Gasteiger charge is -2.24. The Labute approximate surface area is 113 Å². The molecule has 0 aromatic heterocycles. The van der Waals surface area contributed by atoms with Crippen LogP contribution in [-0.4, -0.2) is 37.6 Å². The second kappa shape index (κ2) is 7.48. The summed E-state index contributed by atoms with van der Waals surface area (Å²) >= 11 is 0. The van der Waals surface area contributed by atoms with Gasteiger partial charge < -0.3 is 15.8 Å². The topological polar surface area (TPSA) is 64.4 Å². The summed E-state index contributed by atoms with van der Waals surface area (Å²) < 4.78 is 5.41. The van der Waals surface area contributed by atoms with E-state index in [1.807, 2.05) is 30.3 Å². The fourth-order valence-electron chi connectivity index (χ4n) is 1.96. The van der Waals surface area contributed by atoms with Crippen LogP contribution in [0.5, 0.6) is 0 Å². The summed E-state index contributed by atoms with van der Waals surface area (Å²) in [5.74, 6) is -0.0129. The van der Waals surface area contributed by atoms with E-state index in [9.17, 15) is 4.79 Å². The van der Waals surface area contributed by atoms with Crippen molar-refractivity contribution in [3.63, 3.8) is 0 Å². The van der Waals surface area contributed by atoms with Crippen LogP contribution in [0.25, 0.3) is 0 Å². The summed E-state index contributed by atoms with van der Waals surface area (Å²) in [5, 5.41) is 3.13. The number of ether oxygens (including phenoxy) is 1. The van der Waals surface area contributed by atoms with E-state index in [4.69, 9.17) is 10.5 Å².